The summed E-state index contributed by atoms with van der Waals surface area (Å²) in [4.78, 5) is 13.9. The second kappa shape index (κ2) is 6.78. The average Bonchev–Trinajstić information content (AvgIpc) is 2.54. The standard InChI is InChI=1S/C17H16ClNO3S2/c1-24(21,22)11-6-7-14(18)13(10-11)17(20)19-15-8-9-23-16-5-3-2-4-12(15)16/h2-7,10,15H,8-9H2,1H3,(H,19,20)/t15-/m0/s1. The molecule has 0 radical (unpaired) electrons. The Morgan fingerprint density at radius 3 is 2.75 bits per heavy atom. The van der Waals surface area contributed by atoms with Crippen LogP contribution < -0.4 is 5.32 Å². The van der Waals surface area contributed by atoms with Gasteiger partial charge in [0.25, 0.3) is 5.91 Å². The second-order valence-corrected chi connectivity index (χ2v) is 9.17. The fraction of sp³-hybridized carbons (Fsp3) is 0.235. The maximum Gasteiger partial charge on any atom is 0.253 e. The van der Waals surface area contributed by atoms with Crippen molar-refractivity contribution in [2.45, 2.75) is 22.3 Å². The van der Waals surface area contributed by atoms with Crippen LogP contribution in [0, 0.1) is 0 Å². The van der Waals surface area contributed by atoms with Crippen LogP contribution in [0.1, 0.15) is 28.4 Å². The third kappa shape index (κ3) is 3.61. The molecule has 7 heteroatoms. The summed E-state index contributed by atoms with van der Waals surface area (Å²) in [7, 11) is -3.40. The number of carbonyl (C=O) groups is 1. The third-order valence-electron chi connectivity index (χ3n) is 3.87. The predicted octanol–water partition coefficient (Wildman–Crippen LogP) is 3.71. The number of nitrogens with one attached hydrogen (secondary N) is 1. The molecule has 4 nitrogen and oxygen atoms in total. The van der Waals surface area contributed by atoms with Crippen molar-refractivity contribution in [3.63, 3.8) is 0 Å². The summed E-state index contributed by atoms with van der Waals surface area (Å²) in [6, 6.07) is 12.0. The molecule has 2 aromatic rings. The number of amides is 1. The van der Waals surface area contributed by atoms with Crippen LogP contribution in [0.5, 0.6) is 0 Å². The van der Waals surface area contributed by atoms with Crippen LogP contribution in [-0.4, -0.2) is 26.3 Å². The van der Waals surface area contributed by atoms with E-state index in [9.17, 15) is 13.2 Å². The highest BCUT2D eigenvalue weighted by atomic mass is 35.5. The van der Waals surface area contributed by atoms with Gasteiger partial charge in [-0.3, -0.25) is 4.79 Å². The number of thioether (sulfide) groups is 1. The van der Waals surface area contributed by atoms with E-state index >= 15 is 0 Å². The van der Waals surface area contributed by atoms with Crippen LogP contribution in [0.25, 0.3) is 0 Å². The van der Waals surface area contributed by atoms with Gasteiger partial charge in [0.1, 0.15) is 0 Å². The lowest BCUT2D eigenvalue weighted by molar-refractivity contribution is 0.0935. The van der Waals surface area contributed by atoms with Gasteiger partial charge in [-0.15, -0.1) is 11.8 Å². The van der Waals surface area contributed by atoms with Crippen molar-refractivity contribution in [1.29, 1.82) is 0 Å². The largest absolute Gasteiger partial charge is 0.345 e. The summed E-state index contributed by atoms with van der Waals surface area (Å²) in [5.74, 6) is 0.552. The van der Waals surface area contributed by atoms with Gasteiger partial charge in [0.15, 0.2) is 9.84 Å². The average molecular weight is 382 g/mol. The molecule has 1 amide bonds. The molecule has 1 atom stereocenters. The number of fused-ring (bicyclic) bond motifs is 1. The van der Waals surface area contributed by atoms with E-state index in [-0.39, 0.29) is 27.4 Å². The summed E-state index contributed by atoms with van der Waals surface area (Å²) in [6.45, 7) is 0. The number of hydrogen-bond donors (Lipinski definition) is 1. The first-order chi connectivity index (χ1) is 11.4. The number of hydrogen-bond acceptors (Lipinski definition) is 4. The third-order valence-corrected chi connectivity index (χ3v) is 6.44. The molecule has 126 valence electrons. The normalized spacial score (nSPS) is 17.2. The van der Waals surface area contributed by atoms with Crippen LogP contribution in [0.2, 0.25) is 5.02 Å². The lowest BCUT2D eigenvalue weighted by Crippen LogP contribution is -2.31. The van der Waals surface area contributed by atoms with E-state index in [0.717, 1.165) is 28.9 Å². The lowest BCUT2D eigenvalue weighted by atomic mass is 10.0. The van der Waals surface area contributed by atoms with Crippen molar-refractivity contribution < 1.29 is 13.2 Å². The summed E-state index contributed by atoms with van der Waals surface area (Å²) in [5.41, 5.74) is 1.26. The molecule has 0 aromatic heterocycles. The van der Waals surface area contributed by atoms with Crippen molar-refractivity contribution in [2.75, 3.05) is 12.0 Å². The van der Waals surface area contributed by atoms with Crippen molar-refractivity contribution in [3.05, 3.63) is 58.6 Å². The highest BCUT2D eigenvalue weighted by molar-refractivity contribution is 7.99. The Kier molecular flexibility index (Phi) is 4.90. The minimum Gasteiger partial charge on any atom is -0.345 e. The minimum absolute atomic E-state index is 0.0802. The van der Waals surface area contributed by atoms with E-state index in [4.69, 9.17) is 11.6 Å². The fourth-order valence-electron chi connectivity index (χ4n) is 2.64. The highest BCUT2D eigenvalue weighted by Gasteiger charge is 2.24. The molecule has 0 fully saturated rings. The molecule has 0 saturated carbocycles. The SMILES string of the molecule is CS(=O)(=O)c1ccc(Cl)c(C(=O)N[C@H]2CCSc3ccccc32)c1. The molecule has 2 aromatic carbocycles. The monoisotopic (exact) mass is 381 g/mol. The molecule has 0 aliphatic carbocycles. The van der Waals surface area contributed by atoms with Crippen LogP contribution in [0.15, 0.2) is 52.3 Å². The molecule has 1 heterocycles. The van der Waals surface area contributed by atoms with Crippen molar-refractivity contribution in [1.82, 2.24) is 5.32 Å². The van der Waals surface area contributed by atoms with Gasteiger partial charge >= 0.3 is 0 Å². The summed E-state index contributed by atoms with van der Waals surface area (Å²) >= 11 is 7.87. The highest BCUT2D eigenvalue weighted by Crippen LogP contribution is 2.36. The molecular weight excluding hydrogens is 366 g/mol. The molecule has 1 aliphatic rings. The number of halogens is 1. The molecule has 24 heavy (non-hydrogen) atoms. The van der Waals surface area contributed by atoms with Gasteiger partial charge in [-0.25, -0.2) is 8.42 Å². The molecular formula is C17H16ClNO3S2. The lowest BCUT2D eigenvalue weighted by Gasteiger charge is -2.26. The molecule has 0 bridgehead atoms. The van der Waals surface area contributed by atoms with Gasteiger partial charge < -0.3 is 5.32 Å². The molecule has 0 unspecified atom stereocenters. The Morgan fingerprint density at radius 2 is 2.00 bits per heavy atom. The van der Waals surface area contributed by atoms with E-state index in [1.54, 1.807) is 11.8 Å². The Bertz CT molecular complexity index is 896. The van der Waals surface area contributed by atoms with Gasteiger partial charge in [-0.2, -0.15) is 0 Å². The maximum atomic E-state index is 12.6. The molecule has 1 N–H and O–H groups in total. The Morgan fingerprint density at radius 1 is 1.25 bits per heavy atom. The number of carbonyl (C=O) groups excluding carboxylic acids is 1. The van der Waals surface area contributed by atoms with Crippen molar-refractivity contribution >= 4 is 39.1 Å². The van der Waals surface area contributed by atoms with Gasteiger partial charge in [-0.1, -0.05) is 29.8 Å². The number of rotatable bonds is 3. The summed E-state index contributed by atoms with van der Waals surface area (Å²) < 4.78 is 23.4. The molecule has 3 rings (SSSR count). The smallest absolute Gasteiger partial charge is 0.253 e. The summed E-state index contributed by atoms with van der Waals surface area (Å²) in [6.07, 6.45) is 1.92. The predicted molar refractivity (Wildman–Crippen MR) is 96.6 cm³/mol. The summed E-state index contributed by atoms with van der Waals surface area (Å²) in [5, 5.41) is 3.21. The van der Waals surface area contributed by atoms with Crippen molar-refractivity contribution in [3.8, 4) is 0 Å². The minimum atomic E-state index is -3.40. The zero-order valence-electron chi connectivity index (χ0n) is 13.0. The first kappa shape index (κ1) is 17.3. The van der Waals surface area contributed by atoms with E-state index in [1.807, 2.05) is 24.3 Å². The number of sulfone groups is 1. The zero-order valence-corrected chi connectivity index (χ0v) is 15.3. The topological polar surface area (TPSA) is 63.2 Å². The van der Waals surface area contributed by atoms with Crippen LogP contribution in [-0.2, 0) is 9.84 Å². The quantitative estimate of drug-likeness (QED) is 0.880. The van der Waals surface area contributed by atoms with Gasteiger partial charge in [0.2, 0.25) is 0 Å². The first-order valence-electron chi connectivity index (χ1n) is 7.38. The van der Waals surface area contributed by atoms with E-state index in [0.29, 0.717) is 0 Å². The van der Waals surface area contributed by atoms with Crippen molar-refractivity contribution in [2.24, 2.45) is 0 Å². The Labute approximate surface area is 150 Å². The molecule has 0 saturated heterocycles. The maximum absolute atomic E-state index is 12.6. The van der Waals surface area contributed by atoms with Gasteiger partial charge in [-0.05, 0) is 36.2 Å². The Balaban J connectivity index is 1.89. The van der Waals surface area contributed by atoms with Gasteiger partial charge in [0.05, 0.1) is 21.5 Å². The number of benzene rings is 2. The van der Waals surface area contributed by atoms with Crippen LogP contribution >= 0.6 is 23.4 Å². The molecule has 1 aliphatic heterocycles. The van der Waals surface area contributed by atoms with E-state index in [2.05, 4.69) is 5.32 Å². The van der Waals surface area contributed by atoms with Gasteiger partial charge in [0, 0.05) is 16.9 Å². The van der Waals surface area contributed by atoms with Crippen LogP contribution in [0.4, 0.5) is 0 Å². The first-order valence-corrected chi connectivity index (χ1v) is 10.6. The van der Waals surface area contributed by atoms with E-state index in [1.165, 1.54) is 18.2 Å². The van der Waals surface area contributed by atoms with Crippen LogP contribution in [0.3, 0.4) is 0 Å². The second-order valence-electron chi connectivity index (χ2n) is 5.61. The van der Waals surface area contributed by atoms with E-state index < -0.39 is 9.84 Å². The molecule has 0 spiro atoms. The Hall–Kier alpha value is -1.50. The zero-order chi connectivity index (χ0) is 17.3. The fourth-order valence-corrected chi connectivity index (χ4v) is 4.61.